The number of hydrogen-bond donors (Lipinski definition) is 1. The van der Waals surface area contributed by atoms with E-state index in [-0.39, 0.29) is 0 Å². The minimum absolute atomic E-state index is 0.763. The first kappa shape index (κ1) is 12.9. The Bertz CT molecular complexity index is 251. The average Bonchev–Trinajstić information content (AvgIpc) is 2.39. The molecule has 0 amide bonds. The molecule has 0 spiro atoms. The normalized spacial score (nSPS) is 41.8. The van der Waals surface area contributed by atoms with Crippen molar-refractivity contribution in [3.63, 3.8) is 0 Å². The van der Waals surface area contributed by atoms with Crippen LogP contribution in [0.4, 0.5) is 0 Å². The lowest BCUT2D eigenvalue weighted by atomic mass is 9.81. The summed E-state index contributed by atoms with van der Waals surface area (Å²) in [5, 5.41) is 3.51. The zero-order valence-electron chi connectivity index (χ0n) is 11.7. The third-order valence-electron chi connectivity index (χ3n) is 5.26. The Kier molecular flexibility index (Phi) is 4.22. The molecule has 2 bridgehead atoms. The van der Waals surface area contributed by atoms with E-state index in [4.69, 9.17) is 4.74 Å². The van der Waals surface area contributed by atoms with Crippen LogP contribution in [0.15, 0.2) is 0 Å². The molecule has 3 aliphatic rings. The van der Waals surface area contributed by atoms with Gasteiger partial charge in [0.05, 0.1) is 6.61 Å². The van der Waals surface area contributed by atoms with Gasteiger partial charge in [-0.25, -0.2) is 0 Å². The Morgan fingerprint density at radius 1 is 1.11 bits per heavy atom. The van der Waals surface area contributed by atoms with E-state index in [1.54, 1.807) is 0 Å². The minimum atomic E-state index is 0.763. The maximum Gasteiger partial charge on any atom is 0.0506 e. The predicted octanol–water partition coefficient (Wildman–Crippen LogP) is 2.02. The van der Waals surface area contributed by atoms with Crippen LogP contribution in [0.1, 0.15) is 44.9 Å². The highest BCUT2D eigenvalue weighted by atomic mass is 16.5. The fraction of sp³-hybridized carbons (Fsp3) is 1.00. The quantitative estimate of drug-likeness (QED) is 0.831. The standard InChI is InChI=1S/C15H28N2O/c1-16-13-8-14-5-2-6-15(9-13)17(14)10-12-4-3-7-18-11-12/h12-16H,2-11H2,1H3. The minimum Gasteiger partial charge on any atom is -0.381 e. The van der Waals surface area contributed by atoms with E-state index in [2.05, 4.69) is 17.3 Å². The van der Waals surface area contributed by atoms with Crippen molar-refractivity contribution >= 4 is 0 Å². The number of hydrogen-bond acceptors (Lipinski definition) is 3. The monoisotopic (exact) mass is 252 g/mol. The number of piperidine rings is 2. The van der Waals surface area contributed by atoms with Crippen LogP contribution in [-0.4, -0.2) is 49.8 Å². The summed E-state index contributed by atoms with van der Waals surface area (Å²) >= 11 is 0. The van der Waals surface area contributed by atoms with Crippen molar-refractivity contribution in [2.24, 2.45) is 5.92 Å². The van der Waals surface area contributed by atoms with Gasteiger partial charge in [0, 0.05) is 31.3 Å². The van der Waals surface area contributed by atoms with Gasteiger partial charge in [-0.3, -0.25) is 4.90 Å². The zero-order valence-corrected chi connectivity index (χ0v) is 11.7. The molecule has 3 aliphatic heterocycles. The Balaban J connectivity index is 1.60. The van der Waals surface area contributed by atoms with Crippen molar-refractivity contribution in [1.82, 2.24) is 10.2 Å². The molecule has 3 heterocycles. The third kappa shape index (κ3) is 2.73. The molecule has 0 aliphatic carbocycles. The molecule has 3 fully saturated rings. The summed E-state index contributed by atoms with van der Waals surface area (Å²) in [6.07, 6.45) is 9.66. The Hall–Kier alpha value is -0.120. The van der Waals surface area contributed by atoms with E-state index in [0.29, 0.717) is 0 Å². The lowest BCUT2D eigenvalue weighted by molar-refractivity contribution is -0.0184. The van der Waals surface area contributed by atoms with Crippen LogP contribution in [-0.2, 0) is 4.74 Å². The van der Waals surface area contributed by atoms with Crippen molar-refractivity contribution in [3.8, 4) is 0 Å². The van der Waals surface area contributed by atoms with E-state index >= 15 is 0 Å². The van der Waals surface area contributed by atoms with Gasteiger partial charge in [0.15, 0.2) is 0 Å². The van der Waals surface area contributed by atoms with E-state index in [1.807, 2.05) is 0 Å². The predicted molar refractivity (Wildman–Crippen MR) is 73.8 cm³/mol. The molecule has 3 nitrogen and oxygen atoms in total. The smallest absolute Gasteiger partial charge is 0.0506 e. The molecular formula is C15H28N2O. The number of fused-ring (bicyclic) bond motifs is 2. The van der Waals surface area contributed by atoms with Gasteiger partial charge >= 0.3 is 0 Å². The SMILES string of the molecule is CNC1CC2CCCC(C1)N2CC1CCCOC1. The van der Waals surface area contributed by atoms with Crippen LogP contribution < -0.4 is 5.32 Å². The summed E-state index contributed by atoms with van der Waals surface area (Å²) in [5.41, 5.74) is 0. The summed E-state index contributed by atoms with van der Waals surface area (Å²) in [7, 11) is 2.13. The van der Waals surface area contributed by atoms with Gasteiger partial charge in [-0.15, -0.1) is 0 Å². The van der Waals surface area contributed by atoms with Crippen LogP contribution in [0.2, 0.25) is 0 Å². The molecule has 0 aromatic carbocycles. The van der Waals surface area contributed by atoms with Crippen LogP contribution in [0, 0.1) is 5.92 Å². The van der Waals surface area contributed by atoms with Crippen molar-refractivity contribution in [1.29, 1.82) is 0 Å². The molecule has 3 unspecified atom stereocenters. The number of nitrogens with one attached hydrogen (secondary N) is 1. The van der Waals surface area contributed by atoms with Crippen LogP contribution >= 0.6 is 0 Å². The van der Waals surface area contributed by atoms with Crippen LogP contribution in [0.25, 0.3) is 0 Å². The Morgan fingerprint density at radius 3 is 2.50 bits per heavy atom. The highest BCUT2D eigenvalue weighted by Crippen LogP contribution is 2.35. The fourth-order valence-corrected chi connectivity index (χ4v) is 4.26. The van der Waals surface area contributed by atoms with Crippen molar-refractivity contribution in [2.45, 2.75) is 63.1 Å². The first-order valence-corrected chi connectivity index (χ1v) is 7.87. The second-order valence-corrected chi connectivity index (χ2v) is 6.48. The molecule has 3 heteroatoms. The Labute approximate surface area is 111 Å². The number of ether oxygens (including phenoxy) is 1. The fourth-order valence-electron chi connectivity index (χ4n) is 4.26. The highest BCUT2D eigenvalue weighted by Gasteiger charge is 2.38. The summed E-state index contributed by atoms with van der Waals surface area (Å²) in [4.78, 5) is 2.84. The molecule has 18 heavy (non-hydrogen) atoms. The Morgan fingerprint density at radius 2 is 1.89 bits per heavy atom. The summed E-state index contributed by atoms with van der Waals surface area (Å²) in [6.45, 7) is 3.29. The van der Waals surface area contributed by atoms with Gasteiger partial charge in [-0.05, 0) is 51.5 Å². The van der Waals surface area contributed by atoms with E-state index in [1.165, 1.54) is 51.5 Å². The summed E-state index contributed by atoms with van der Waals surface area (Å²) < 4.78 is 5.65. The summed E-state index contributed by atoms with van der Waals surface area (Å²) in [5.74, 6) is 0.799. The van der Waals surface area contributed by atoms with E-state index in [0.717, 1.165) is 37.3 Å². The number of nitrogens with zero attached hydrogens (tertiary/aromatic N) is 1. The lowest BCUT2D eigenvalue weighted by Gasteiger charge is -2.50. The van der Waals surface area contributed by atoms with Crippen molar-refractivity contribution < 1.29 is 4.74 Å². The topological polar surface area (TPSA) is 24.5 Å². The zero-order chi connectivity index (χ0) is 12.4. The maximum atomic E-state index is 5.65. The molecule has 0 aromatic rings. The summed E-state index contributed by atoms with van der Waals surface area (Å²) in [6, 6.07) is 2.45. The van der Waals surface area contributed by atoms with E-state index < -0.39 is 0 Å². The molecular weight excluding hydrogens is 224 g/mol. The van der Waals surface area contributed by atoms with Gasteiger partial charge in [0.1, 0.15) is 0 Å². The van der Waals surface area contributed by atoms with Gasteiger partial charge in [0.25, 0.3) is 0 Å². The van der Waals surface area contributed by atoms with Crippen LogP contribution in [0.3, 0.4) is 0 Å². The molecule has 0 saturated carbocycles. The van der Waals surface area contributed by atoms with E-state index in [9.17, 15) is 0 Å². The van der Waals surface area contributed by atoms with Gasteiger partial charge < -0.3 is 10.1 Å². The van der Waals surface area contributed by atoms with Gasteiger partial charge in [0.2, 0.25) is 0 Å². The van der Waals surface area contributed by atoms with Gasteiger partial charge in [-0.2, -0.15) is 0 Å². The second kappa shape index (κ2) is 5.89. The molecule has 104 valence electrons. The third-order valence-corrected chi connectivity index (χ3v) is 5.26. The molecule has 3 atom stereocenters. The van der Waals surface area contributed by atoms with Crippen molar-refractivity contribution in [3.05, 3.63) is 0 Å². The first-order valence-electron chi connectivity index (χ1n) is 7.87. The second-order valence-electron chi connectivity index (χ2n) is 6.48. The number of rotatable bonds is 3. The molecule has 0 radical (unpaired) electrons. The van der Waals surface area contributed by atoms with Gasteiger partial charge in [-0.1, -0.05) is 6.42 Å². The molecule has 3 rings (SSSR count). The van der Waals surface area contributed by atoms with Crippen LogP contribution in [0.5, 0.6) is 0 Å². The first-order chi connectivity index (χ1) is 8.86. The molecule has 3 saturated heterocycles. The average molecular weight is 252 g/mol. The largest absolute Gasteiger partial charge is 0.381 e. The van der Waals surface area contributed by atoms with Crippen molar-refractivity contribution in [2.75, 3.05) is 26.8 Å². The highest BCUT2D eigenvalue weighted by molar-refractivity contribution is 4.95. The maximum absolute atomic E-state index is 5.65. The molecule has 0 aromatic heterocycles. The molecule has 1 N–H and O–H groups in total. The lowest BCUT2D eigenvalue weighted by Crippen LogP contribution is -2.57.